The number of piperidine rings is 1. The van der Waals surface area contributed by atoms with Gasteiger partial charge in [0.05, 0.1) is 26.4 Å². The Labute approximate surface area is 229 Å². The summed E-state index contributed by atoms with van der Waals surface area (Å²) >= 11 is 0. The SMILES string of the molecule is O=C(C[C@@H]1CCN2C[C@@H]1CCCOc1ccc(N3CCOCC3)cc1CNCC2=O)NCc1ccccc1F. The standard InChI is InChI=1S/C30H39FN4O4/c31-27-6-2-1-4-23(27)19-33-29(36)17-22-9-10-35-21-24(22)5-3-13-39-28-8-7-26(34-11-14-38-15-12-34)16-25(28)18-32-20-30(35)37/h1-2,4,6-8,16,22,24,32H,3,5,9-15,17-21H2,(H,33,36)/t22-,24-/m0/s1. The molecule has 2 bridgehead atoms. The second kappa shape index (κ2) is 13.3. The molecule has 0 radical (unpaired) electrons. The van der Waals surface area contributed by atoms with Gasteiger partial charge < -0.3 is 29.9 Å². The molecule has 2 fully saturated rings. The lowest BCUT2D eigenvalue weighted by Gasteiger charge is -2.38. The van der Waals surface area contributed by atoms with Crippen molar-refractivity contribution >= 4 is 17.5 Å². The number of carbonyl (C=O) groups is 2. The van der Waals surface area contributed by atoms with Crippen molar-refractivity contribution in [1.29, 1.82) is 0 Å². The first kappa shape index (κ1) is 27.4. The van der Waals surface area contributed by atoms with Crippen LogP contribution in [0.3, 0.4) is 0 Å². The summed E-state index contributed by atoms with van der Waals surface area (Å²) < 4.78 is 25.7. The van der Waals surface area contributed by atoms with Gasteiger partial charge in [-0.15, -0.1) is 0 Å². The largest absolute Gasteiger partial charge is 0.493 e. The molecule has 0 unspecified atom stereocenters. The monoisotopic (exact) mass is 538 g/mol. The lowest BCUT2D eigenvalue weighted by Crippen LogP contribution is -2.47. The van der Waals surface area contributed by atoms with Crippen LogP contribution in [0.25, 0.3) is 0 Å². The summed E-state index contributed by atoms with van der Waals surface area (Å²) in [6, 6.07) is 12.8. The van der Waals surface area contributed by atoms with Gasteiger partial charge in [0.25, 0.3) is 0 Å². The lowest BCUT2D eigenvalue weighted by molar-refractivity contribution is -0.133. The number of hydrogen-bond donors (Lipinski definition) is 2. The van der Waals surface area contributed by atoms with Crippen molar-refractivity contribution in [3.05, 3.63) is 59.4 Å². The van der Waals surface area contributed by atoms with Gasteiger partial charge in [-0.1, -0.05) is 18.2 Å². The molecule has 9 heteroatoms. The molecular formula is C30H39FN4O4. The first-order valence-electron chi connectivity index (χ1n) is 14.1. The maximum atomic E-state index is 13.9. The smallest absolute Gasteiger partial charge is 0.236 e. The van der Waals surface area contributed by atoms with E-state index in [4.69, 9.17) is 9.47 Å². The minimum Gasteiger partial charge on any atom is -0.493 e. The fourth-order valence-corrected chi connectivity index (χ4v) is 5.86. The van der Waals surface area contributed by atoms with Gasteiger partial charge in [0.15, 0.2) is 0 Å². The van der Waals surface area contributed by atoms with Gasteiger partial charge in [-0.3, -0.25) is 9.59 Å². The molecule has 0 saturated carbocycles. The summed E-state index contributed by atoms with van der Waals surface area (Å²) in [6.07, 6.45) is 2.89. The third kappa shape index (κ3) is 7.28. The summed E-state index contributed by atoms with van der Waals surface area (Å²) in [5, 5.41) is 6.22. The van der Waals surface area contributed by atoms with E-state index < -0.39 is 0 Å². The average molecular weight is 539 g/mol. The number of benzene rings is 2. The van der Waals surface area contributed by atoms with Crippen LogP contribution in [0.15, 0.2) is 42.5 Å². The fraction of sp³-hybridized carbons (Fsp3) is 0.533. The van der Waals surface area contributed by atoms with E-state index >= 15 is 0 Å². The maximum absolute atomic E-state index is 13.9. The Morgan fingerprint density at radius 3 is 2.72 bits per heavy atom. The molecule has 8 nitrogen and oxygen atoms in total. The molecular weight excluding hydrogens is 499 g/mol. The zero-order valence-corrected chi connectivity index (χ0v) is 22.5. The van der Waals surface area contributed by atoms with E-state index in [0.29, 0.717) is 38.2 Å². The molecule has 2 atom stereocenters. The highest BCUT2D eigenvalue weighted by Crippen LogP contribution is 2.31. The van der Waals surface area contributed by atoms with E-state index in [1.165, 1.54) is 6.07 Å². The van der Waals surface area contributed by atoms with Gasteiger partial charge in [0, 0.05) is 62.5 Å². The highest BCUT2D eigenvalue weighted by molar-refractivity contribution is 5.79. The number of rotatable bonds is 5. The summed E-state index contributed by atoms with van der Waals surface area (Å²) in [5.41, 5.74) is 2.68. The van der Waals surface area contributed by atoms with E-state index in [1.54, 1.807) is 18.2 Å². The fourth-order valence-electron chi connectivity index (χ4n) is 5.86. The van der Waals surface area contributed by atoms with E-state index in [-0.39, 0.29) is 42.6 Å². The minimum absolute atomic E-state index is 0.0751. The number of carbonyl (C=O) groups excluding carboxylic acids is 2. The zero-order valence-electron chi connectivity index (χ0n) is 22.5. The zero-order chi connectivity index (χ0) is 27.0. The molecule has 2 N–H and O–H groups in total. The predicted octanol–water partition coefficient (Wildman–Crippen LogP) is 3.10. The number of anilines is 1. The van der Waals surface area contributed by atoms with Crippen LogP contribution in [0.1, 0.15) is 36.8 Å². The number of nitrogens with zero attached hydrogens (tertiary/aromatic N) is 2. The number of hydrogen-bond acceptors (Lipinski definition) is 6. The Kier molecular flexibility index (Phi) is 9.32. The Balaban J connectivity index is 1.21. The Morgan fingerprint density at radius 2 is 1.87 bits per heavy atom. The van der Waals surface area contributed by atoms with Crippen LogP contribution in [-0.2, 0) is 27.4 Å². The number of nitrogens with one attached hydrogen (secondary N) is 2. The van der Waals surface area contributed by atoms with Crippen LogP contribution in [-0.4, -0.2) is 69.3 Å². The van der Waals surface area contributed by atoms with Crippen molar-refractivity contribution in [2.75, 3.05) is 57.4 Å². The molecule has 0 aromatic heterocycles. The highest BCUT2D eigenvalue weighted by Gasteiger charge is 2.32. The van der Waals surface area contributed by atoms with Crippen LogP contribution in [0.5, 0.6) is 5.75 Å². The predicted molar refractivity (Wildman–Crippen MR) is 147 cm³/mol. The van der Waals surface area contributed by atoms with Crippen molar-refractivity contribution in [3.63, 3.8) is 0 Å². The second-order valence-corrected chi connectivity index (χ2v) is 10.7. The Bertz CT molecular complexity index is 1140. The summed E-state index contributed by atoms with van der Waals surface area (Å²) in [4.78, 5) is 30.1. The van der Waals surface area contributed by atoms with Crippen LogP contribution in [0.2, 0.25) is 0 Å². The summed E-state index contributed by atoms with van der Waals surface area (Å²) in [6.45, 7) is 6.07. The first-order chi connectivity index (χ1) is 19.1. The number of morpholine rings is 1. The number of amides is 2. The molecule has 3 heterocycles. The molecule has 39 heavy (non-hydrogen) atoms. The van der Waals surface area contributed by atoms with Gasteiger partial charge in [-0.05, 0) is 55.4 Å². The van der Waals surface area contributed by atoms with Crippen LogP contribution in [0, 0.1) is 17.7 Å². The molecule has 3 aliphatic rings. The van der Waals surface area contributed by atoms with Crippen LogP contribution >= 0.6 is 0 Å². The third-order valence-corrected chi connectivity index (χ3v) is 8.11. The Morgan fingerprint density at radius 1 is 1.03 bits per heavy atom. The van der Waals surface area contributed by atoms with E-state index in [9.17, 15) is 14.0 Å². The minimum atomic E-state index is -0.313. The lowest BCUT2D eigenvalue weighted by atomic mass is 9.80. The van der Waals surface area contributed by atoms with Crippen molar-refractivity contribution in [3.8, 4) is 5.75 Å². The third-order valence-electron chi connectivity index (χ3n) is 8.11. The van der Waals surface area contributed by atoms with Crippen molar-refractivity contribution in [1.82, 2.24) is 15.5 Å². The molecule has 0 aliphatic carbocycles. The number of ether oxygens (including phenoxy) is 2. The summed E-state index contributed by atoms with van der Waals surface area (Å²) in [5.74, 6) is 0.943. The molecule has 2 amide bonds. The topological polar surface area (TPSA) is 83.1 Å². The molecule has 2 saturated heterocycles. The highest BCUT2D eigenvalue weighted by atomic mass is 19.1. The average Bonchev–Trinajstić information content (AvgIpc) is 2.97. The van der Waals surface area contributed by atoms with Crippen molar-refractivity contribution in [2.24, 2.45) is 11.8 Å². The molecule has 3 aliphatic heterocycles. The van der Waals surface area contributed by atoms with Gasteiger partial charge in [0.2, 0.25) is 11.8 Å². The molecule has 0 spiro atoms. The summed E-state index contributed by atoms with van der Waals surface area (Å²) in [7, 11) is 0. The molecule has 5 rings (SSSR count). The van der Waals surface area contributed by atoms with Crippen molar-refractivity contribution < 1.29 is 23.5 Å². The maximum Gasteiger partial charge on any atom is 0.236 e. The van der Waals surface area contributed by atoms with E-state index in [2.05, 4.69) is 27.7 Å². The van der Waals surface area contributed by atoms with Gasteiger partial charge in [0.1, 0.15) is 11.6 Å². The number of fused-ring (bicyclic) bond motifs is 3. The van der Waals surface area contributed by atoms with E-state index in [0.717, 1.165) is 62.6 Å². The van der Waals surface area contributed by atoms with Crippen LogP contribution < -0.4 is 20.3 Å². The molecule has 210 valence electrons. The van der Waals surface area contributed by atoms with Gasteiger partial charge >= 0.3 is 0 Å². The quantitative estimate of drug-likeness (QED) is 0.609. The Hall–Kier alpha value is -3.17. The van der Waals surface area contributed by atoms with E-state index in [1.807, 2.05) is 11.0 Å². The van der Waals surface area contributed by atoms with Crippen LogP contribution in [0.4, 0.5) is 10.1 Å². The number of halogens is 1. The van der Waals surface area contributed by atoms with Gasteiger partial charge in [-0.2, -0.15) is 0 Å². The second-order valence-electron chi connectivity index (χ2n) is 10.7. The van der Waals surface area contributed by atoms with Gasteiger partial charge in [-0.25, -0.2) is 4.39 Å². The first-order valence-corrected chi connectivity index (χ1v) is 14.1. The molecule has 2 aromatic carbocycles. The molecule has 2 aromatic rings. The van der Waals surface area contributed by atoms with Crippen molar-refractivity contribution in [2.45, 2.75) is 38.8 Å². The normalized spacial score (nSPS) is 22.5.